The number of likely N-dealkylation sites (N-methyl/N-ethyl adjacent to an activating group) is 1. The van der Waals surface area contributed by atoms with Gasteiger partial charge in [-0.1, -0.05) is 0 Å². The average Bonchev–Trinajstić information content (AvgIpc) is 3.69. The summed E-state index contributed by atoms with van der Waals surface area (Å²) >= 11 is 0. The Hall–Kier alpha value is -5.94. The van der Waals surface area contributed by atoms with Crippen LogP contribution >= 0.6 is 0 Å². The van der Waals surface area contributed by atoms with Crippen LogP contribution in [0, 0.1) is 30.0 Å². The molecular weight excluding hydrogens is 760 g/mol. The Morgan fingerprint density at radius 3 is 2.30 bits per heavy atom. The van der Waals surface area contributed by atoms with Crippen molar-refractivity contribution in [3.63, 3.8) is 0 Å². The largest absolute Gasteiger partial charge is 0.371 e. The number of nitrogens with one attached hydrogen (secondary N) is 1. The molecule has 13 nitrogen and oxygen atoms in total. The van der Waals surface area contributed by atoms with E-state index in [0.717, 1.165) is 105 Å². The molecular formula is C46H51FN10O3. The number of hydrogen-bond donors (Lipinski definition) is 1. The lowest BCUT2D eigenvalue weighted by molar-refractivity contribution is -0.120. The fourth-order valence-corrected chi connectivity index (χ4v) is 11.1. The molecule has 10 rings (SSSR count). The lowest BCUT2D eigenvalue weighted by Crippen LogP contribution is -2.49. The minimum atomic E-state index is -0.532. The number of anilines is 5. The van der Waals surface area contributed by atoms with Gasteiger partial charge in [0, 0.05) is 82.2 Å². The minimum absolute atomic E-state index is 0.0170. The maximum atomic E-state index is 16.1. The zero-order valence-electron chi connectivity index (χ0n) is 34.7. The highest BCUT2D eigenvalue weighted by molar-refractivity contribution is 6.09. The van der Waals surface area contributed by atoms with Crippen LogP contribution in [0.5, 0.6) is 0 Å². The normalized spacial score (nSPS) is 22.5. The van der Waals surface area contributed by atoms with Crippen molar-refractivity contribution in [1.29, 1.82) is 5.26 Å². The number of benzene rings is 3. The molecule has 0 aliphatic carbocycles. The number of halogens is 1. The number of carbonyl (C=O) groups excluding carboxylic acids is 2. The summed E-state index contributed by atoms with van der Waals surface area (Å²) in [6, 6.07) is 18.3. The zero-order valence-corrected chi connectivity index (χ0v) is 34.7. The van der Waals surface area contributed by atoms with Crippen molar-refractivity contribution in [2.45, 2.75) is 69.9 Å². The smallest absolute Gasteiger partial charge is 0.329 e. The van der Waals surface area contributed by atoms with E-state index in [1.165, 1.54) is 16.5 Å². The Morgan fingerprint density at radius 2 is 1.57 bits per heavy atom. The number of likely N-dealkylation sites (tertiary alicyclic amines) is 1. The zero-order chi connectivity index (χ0) is 41.6. The first-order valence-corrected chi connectivity index (χ1v) is 21.4. The SMILES string of the molecule is Cc1cc2c(N3CCN(C)c4ccc(C#N)cc43)cc(C3CCN(CC4CC5CCC(C4)N5c4cc5c(cc4F)c(N4CCC(=O)NC4=O)nn5C)CC3)cc2n(C)c1=O. The van der Waals surface area contributed by atoms with Gasteiger partial charge in [-0.05, 0) is 124 Å². The molecule has 5 aliphatic heterocycles. The lowest BCUT2D eigenvalue weighted by atomic mass is 9.86. The number of urea groups is 1. The first-order chi connectivity index (χ1) is 28.9. The monoisotopic (exact) mass is 810 g/mol. The maximum absolute atomic E-state index is 16.1. The Morgan fingerprint density at radius 1 is 0.800 bits per heavy atom. The molecule has 2 aromatic heterocycles. The summed E-state index contributed by atoms with van der Waals surface area (Å²) in [4.78, 5) is 48.6. The second kappa shape index (κ2) is 14.7. The van der Waals surface area contributed by atoms with Gasteiger partial charge < -0.3 is 24.2 Å². The van der Waals surface area contributed by atoms with Crippen LogP contribution in [0.4, 0.5) is 37.8 Å². The highest BCUT2D eigenvalue weighted by Crippen LogP contribution is 2.46. The van der Waals surface area contributed by atoms with Gasteiger partial charge in [0.25, 0.3) is 5.56 Å². The second-order valence-corrected chi connectivity index (χ2v) is 17.8. The Balaban J connectivity index is 0.852. The predicted molar refractivity (Wildman–Crippen MR) is 232 cm³/mol. The standard InChI is InChI=1S/C46H51FN10O3/c1-27-17-34-38(52(3)45(27)59)21-31(22-40(34)55-16-15-51(2)37-8-5-28(25-48)20-42(37)55)30-9-12-54(13-10-30)26-29-18-32-6-7-33(19-29)57(32)41-24-39-35(23-36(41)47)44(50-53(39)4)56-14-11-43(58)49-46(56)60/h5,8,17,20-24,29-30,32-33H,6-7,9-16,18-19,26H2,1-4H3,(H,49,58,60). The van der Waals surface area contributed by atoms with Gasteiger partial charge in [0.2, 0.25) is 5.91 Å². The van der Waals surface area contributed by atoms with Gasteiger partial charge in [-0.15, -0.1) is 0 Å². The number of carbonyl (C=O) groups is 2. The number of aromatic nitrogens is 3. The molecule has 2 atom stereocenters. The number of hydrogen-bond acceptors (Lipinski definition) is 9. The Bertz CT molecular complexity index is 2680. The van der Waals surface area contributed by atoms with Crippen LogP contribution in [-0.2, 0) is 18.9 Å². The number of aryl methyl sites for hydroxylation is 3. The molecule has 5 aromatic rings. The van der Waals surface area contributed by atoms with Crippen LogP contribution in [0.15, 0.2) is 53.3 Å². The fourth-order valence-electron chi connectivity index (χ4n) is 11.1. The molecule has 0 saturated carbocycles. The van der Waals surface area contributed by atoms with E-state index in [9.17, 15) is 19.6 Å². The van der Waals surface area contributed by atoms with Gasteiger partial charge in [0.05, 0.1) is 45.4 Å². The van der Waals surface area contributed by atoms with Crippen molar-refractivity contribution in [2.24, 2.45) is 20.0 Å². The predicted octanol–water partition coefficient (Wildman–Crippen LogP) is 6.41. The number of imide groups is 1. The van der Waals surface area contributed by atoms with Gasteiger partial charge in [-0.25, -0.2) is 9.18 Å². The molecule has 3 aromatic carbocycles. The van der Waals surface area contributed by atoms with E-state index >= 15 is 4.39 Å². The van der Waals surface area contributed by atoms with E-state index < -0.39 is 6.03 Å². The first kappa shape index (κ1) is 38.3. The number of pyridine rings is 1. The molecule has 60 heavy (non-hydrogen) atoms. The molecule has 0 radical (unpaired) electrons. The summed E-state index contributed by atoms with van der Waals surface area (Å²) in [6.07, 6.45) is 6.36. The fraction of sp³-hybridized carbons (Fsp3) is 0.457. The average molecular weight is 811 g/mol. The number of nitrogens with zero attached hydrogens (tertiary/aromatic N) is 9. The van der Waals surface area contributed by atoms with Crippen LogP contribution in [0.3, 0.4) is 0 Å². The lowest BCUT2D eigenvalue weighted by Gasteiger charge is -2.43. The third-order valence-electron chi connectivity index (χ3n) is 14.2. The quantitative estimate of drug-likeness (QED) is 0.207. The third kappa shape index (κ3) is 6.36. The summed E-state index contributed by atoms with van der Waals surface area (Å²) in [6.45, 7) is 6.75. The second-order valence-electron chi connectivity index (χ2n) is 17.8. The maximum Gasteiger partial charge on any atom is 0.329 e. The van der Waals surface area contributed by atoms with Gasteiger partial charge >= 0.3 is 6.03 Å². The summed E-state index contributed by atoms with van der Waals surface area (Å²) < 4.78 is 19.6. The third-order valence-corrected chi connectivity index (χ3v) is 14.2. The molecule has 2 unspecified atom stereocenters. The first-order valence-electron chi connectivity index (χ1n) is 21.4. The van der Waals surface area contributed by atoms with Crippen molar-refractivity contribution >= 4 is 62.3 Å². The van der Waals surface area contributed by atoms with E-state index in [4.69, 9.17) is 0 Å². The van der Waals surface area contributed by atoms with Crippen LogP contribution in [0.25, 0.3) is 21.8 Å². The number of piperidine rings is 2. The van der Waals surface area contributed by atoms with Gasteiger partial charge in [-0.2, -0.15) is 10.4 Å². The molecule has 4 saturated heterocycles. The molecule has 3 amide bonds. The van der Waals surface area contributed by atoms with E-state index in [-0.39, 0.29) is 42.3 Å². The minimum Gasteiger partial charge on any atom is -0.371 e. The van der Waals surface area contributed by atoms with Crippen molar-refractivity contribution in [1.82, 2.24) is 24.6 Å². The molecule has 2 bridgehead atoms. The van der Waals surface area contributed by atoms with Crippen molar-refractivity contribution in [2.75, 3.05) is 65.9 Å². The molecule has 4 fully saturated rings. The molecule has 7 heterocycles. The summed E-state index contributed by atoms with van der Waals surface area (Å²) in [5, 5.41) is 18.3. The van der Waals surface area contributed by atoms with E-state index in [1.807, 2.05) is 51.4 Å². The van der Waals surface area contributed by atoms with E-state index in [2.05, 4.69) is 55.3 Å². The van der Waals surface area contributed by atoms with Gasteiger partial charge in [-0.3, -0.25) is 24.5 Å². The van der Waals surface area contributed by atoms with Crippen LogP contribution in [0.2, 0.25) is 0 Å². The van der Waals surface area contributed by atoms with Crippen LogP contribution < -0.4 is 30.5 Å². The summed E-state index contributed by atoms with van der Waals surface area (Å²) in [5.41, 5.74) is 8.10. The molecule has 310 valence electrons. The summed E-state index contributed by atoms with van der Waals surface area (Å²) in [5.74, 6) is 0.629. The van der Waals surface area contributed by atoms with Gasteiger partial charge in [0.15, 0.2) is 5.82 Å². The number of rotatable bonds is 6. The molecule has 0 spiro atoms. The number of nitriles is 1. The van der Waals surface area contributed by atoms with Crippen LogP contribution in [0.1, 0.15) is 67.6 Å². The Labute approximate surface area is 348 Å². The van der Waals surface area contributed by atoms with E-state index in [1.54, 1.807) is 9.25 Å². The molecule has 5 aliphatic rings. The van der Waals surface area contributed by atoms with Gasteiger partial charge in [0.1, 0.15) is 5.82 Å². The van der Waals surface area contributed by atoms with E-state index in [0.29, 0.717) is 39.9 Å². The molecule has 14 heteroatoms. The number of amides is 3. The summed E-state index contributed by atoms with van der Waals surface area (Å²) in [7, 11) is 5.78. The highest BCUT2D eigenvalue weighted by atomic mass is 19.1. The van der Waals surface area contributed by atoms with Crippen molar-refractivity contribution < 1.29 is 14.0 Å². The van der Waals surface area contributed by atoms with Crippen molar-refractivity contribution in [3.05, 3.63) is 81.4 Å². The molecule has 1 N–H and O–H groups in total. The number of fused-ring (bicyclic) bond motifs is 5. The highest BCUT2D eigenvalue weighted by Gasteiger charge is 2.43. The van der Waals surface area contributed by atoms with Crippen LogP contribution in [-0.4, -0.2) is 89.6 Å². The topological polar surface area (TPSA) is 126 Å². The van der Waals surface area contributed by atoms with Crippen molar-refractivity contribution in [3.8, 4) is 6.07 Å². The Kier molecular flexibility index (Phi) is 9.35.